The van der Waals surface area contributed by atoms with E-state index in [-0.39, 0.29) is 11.0 Å². The fourth-order valence-corrected chi connectivity index (χ4v) is 2.04. The number of hydrogen-bond acceptors (Lipinski definition) is 2. The quantitative estimate of drug-likeness (QED) is 0.705. The summed E-state index contributed by atoms with van der Waals surface area (Å²) in [5.74, 6) is 0. The summed E-state index contributed by atoms with van der Waals surface area (Å²) < 4.78 is 0. The first-order chi connectivity index (χ1) is 6.98. The Morgan fingerprint density at radius 1 is 1.20 bits per heavy atom. The fourth-order valence-electron chi connectivity index (χ4n) is 2.04. The molecule has 1 heterocycles. The second kappa shape index (κ2) is 3.47. The highest BCUT2D eigenvalue weighted by Gasteiger charge is 2.22. The number of hydrogen-bond donors (Lipinski definition) is 1. The van der Waals surface area contributed by atoms with Crippen LogP contribution in [-0.4, -0.2) is 9.97 Å². The van der Waals surface area contributed by atoms with Crippen molar-refractivity contribution in [2.75, 3.05) is 0 Å². The molecule has 2 rings (SSSR count). The van der Waals surface area contributed by atoms with Crippen LogP contribution in [0.1, 0.15) is 50.7 Å². The molecule has 0 spiro atoms. The van der Waals surface area contributed by atoms with E-state index in [4.69, 9.17) is 0 Å². The summed E-state index contributed by atoms with van der Waals surface area (Å²) in [6, 6.07) is 0. The highest BCUT2D eigenvalue weighted by Crippen LogP contribution is 2.21. The van der Waals surface area contributed by atoms with Gasteiger partial charge in [0, 0.05) is 11.1 Å². The molecule has 1 aromatic rings. The van der Waals surface area contributed by atoms with E-state index in [1.807, 2.05) is 20.8 Å². The van der Waals surface area contributed by atoms with Crippen LogP contribution in [0.4, 0.5) is 0 Å². The van der Waals surface area contributed by atoms with E-state index in [0.29, 0.717) is 5.69 Å². The molecule has 0 aromatic carbocycles. The van der Waals surface area contributed by atoms with Crippen LogP contribution < -0.4 is 5.56 Å². The number of aromatic amines is 1. The second-order valence-electron chi connectivity index (χ2n) is 5.30. The first kappa shape index (κ1) is 10.4. The Labute approximate surface area is 89.9 Å². The van der Waals surface area contributed by atoms with E-state index in [2.05, 4.69) is 9.97 Å². The van der Waals surface area contributed by atoms with Gasteiger partial charge in [-0.1, -0.05) is 20.8 Å². The van der Waals surface area contributed by atoms with E-state index in [1.165, 1.54) is 12.8 Å². The Morgan fingerprint density at radius 3 is 2.53 bits per heavy atom. The minimum atomic E-state index is -0.167. The summed E-state index contributed by atoms with van der Waals surface area (Å²) in [5.41, 5.74) is 2.65. The lowest BCUT2D eigenvalue weighted by Crippen LogP contribution is -2.29. The predicted octanol–water partition coefficient (Wildman–Crippen LogP) is 1.95. The fraction of sp³-hybridized carbons (Fsp3) is 0.667. The van der Waals surface area contributed by atoms with Crippen LogP contribution in [0.2, 0.25) is 0 Å². The molecule has 1 aliphatic rings. The monoisotopic (exact) mass is 206 g/mol. The number of aromatic nitrogens is 2. The van der Waals surface area contributed by atoms with Crippen molar-refractivity contribution in [3.05, 3.63) is 27.4 Å². The standard InChI is InChI=1S/C12H18N2O/c1-12(2,3)10-11(15)14-9-7-5-4-6-8(9)13-10/h4-7H2,1-3H3,(H,14,15). The summed E-state index contributed by atoms with van der Waals surface area (Å²) >= 11 is 0. The molecule has 0 atom stereocenters. The summed E-state index contributed by atoms with van der Waals surface area (Å²) in [6.07, 6.45) is 4.34. The molecule has 0 saturated heterocycles. The summed E-state index contributed by atoms with van der Waals surface area (Å²) in [7, 11) is 0. The highest BCUT2D eigenvalue weighted by molar-refractivity contribution is 5.20. The molecule has 0 fully saturated rings. The van der Waals surface area contributed by atoms with Crippen LogP contribution in [0.3, 0.4) is 0 Å². The second-order valence-corrected chi connectivity index (χ2v) is 5.30. The van der Waals surface area contributed by atoms with Gasteiger partial charge in [0.05, 0.1) is 5.69 Å². The molecule has 3 nitrogen and oxygen atoms in total. The molecular formula is C12H18N2O. The molecule has 0 radical (unpaired) electrons. The zero-order valence-corrected chi connectivity index (χ0v) is 9.68. The van der Waals surface area contributed by atoms with E-state index in [9.17, 15) is 4.79 Å². The first-order valence-electron chi connectivity index (χ1n) is 5.61. The lowest BCUT2D eigenvalue weighted by molar-refractivity contribution is 0.541. The third kappa shape index (κ3) is 1.96. The van der Waals surface area contributed by atoms with Crippen molar-refractivity contribution in [3.63, 3.8) is 0 Å². The first-order valence-corrected chi connectivity index (χ1v) is 5.61. The number of fused-ring (bicyclic) bond motifs is 1. The average Bonchev–Trinajstić information content (AvgIpc) is 2.15. The van der Waals surface area contributed by atoms with E-state index in [1.54, 1.807) is 0 Å². The van der Waals surface area contributed by atoms with E-state index in [0.717, 1.165) is 24.2 Å². The van der Waals surface area contributed by atoms with E-state index >= 15 is 0 Å². The van der Waals surface area contributed by atoms with Crippen LogP contribution in [-0.2, 0) is 18.3 Å². The summed E-state index contributed by atoms with van der Waals surface area (Å²) in [6.45, 7) is 6.08. The largest absolute Gasteiger partial charge is 0.323 e. The Hall–Kier alpha value is -1.12. The smallest absolute Gasteiger partial charge is 0.270 e. The van der Waals surface area contributed by atoms with Crippen LogP contribution in [0, 0.1) is 0 Å². The van der Waals surface area contributed by atoms with Gasteiger partial charge in [-0.15, -0.1) is 0 Å². The molecule has 0 unspecified atom stereocenters. The number of nitrogens with zero attached hydrogens (tertiary/aromatic N) is 1. The van der Waals surface area contributed by atoms with Crippen molar-refractivity contribution in [2.45, 2.75) is 51.9 Å². The molecule has 15 heavy (non-hydrogen) atoms. The van der Waals surface area contributed by atoms with Crippen molar-refractivity contribution in [1.82, 2.24) is 9.97 Å². The SMILES string of the molecule is CC(C)(C)c1nc2c([nH]c1=O)CCCC2. The maximum Gasteiger partial charge on any atom is 0.270 e. The molecule has 1 aromatic heterocycles. The van der Waals surface area contributed by atoms with Gasteiger partial charge in [-0.2, -0.15) is 0 Å². The molecule has 0 aliphatic heterocycles. The van der Waals surface area contributed by atoms with Crippen molar-refractivity contribution < 1.29 is 0 Å². The molecule has 0 bridgehead atoms. The van der Waals surface area contributed by atoms with Crippen molar-refractivity contribution in [1.29, 1.82) is 0 Å². The van der Waals surface area contributed by atoms with Gasteiger partial charge in [-0.05, 0) is 25.7 Å². The minimum absolute atomic E-state index is 0.0110. The number of rotatable bonds is 0. The summed E-state index contributed by atoms with van der Waals surface area (Å²) in [4.78, 5) is 19.3. The zero-order valence-electron chi connectivity index (χ0n) is 9.68. The molecule has 82 valence electrons. The minimum Gasteiger partial charge on any atom is -0.323 e. The third-order valence-corrected chi connectivity index (χ3v) is 2.88. The van der Waals surface area contributed by atoms with Crippen LogP contribution in [0.5, 0.6) is 0 Å². The molecule has 0 saturated carbocycles. The number of nitrogens with one attached hydrogen (secondary N) is 1. The topological polar surface area (TPSA) is 45.8 Å². The van der Waals surface area contributed by atoms with Crippen LogP contribution >= 0.6 is 0 Å². The van der Waals surface area contributed by atoms with Gasteiger partial charge >= 0.3 is 0 Å². The Bertz CT molecular complexity index is 426. The number of aryl methyl sites for hydroxylation is 2. The van der Waals surface area contributed by atoms with Gasteiger partial charge in [-0.3, -0.25) is 4.79 Å². The van der Waals surface area contributed by atoms with Crippen molar-refractivity contribution in [3.8, 4) is 0 Å². The maximum atomic E-state index is 11.8. The van der Waals surface area contributed by atoms with Crippen LogP contribution in [0.15, 0.2) is 4.79 Å². The normalized spacial score (nSPS) is 16.2. The van der Waals surface area contributed by atoms with Crippen molar-refractivity contribution in [2.24, 2.45) is 0 Å². The number of H-pyrrole nitrogens is 1. The molecule has 0 amide bonds. The lowest BCUT2D eigenvalue weighted by Gasteiger charge is -2.20. The molecule has 3 heteroatoms. The Kier molecular flexibility index (Phi) is 2.41. The van der Waals surface area contributed by atoms with Crippen LogP contribution in [0.25, 0.3) is 0 Å². The zero-order chi connectivity index (χ0) is 11.1. The van der Waals surface area contributed by atoms with Gasteiger partial charge in [0.2, 0.25) is 0 Å². The lowest BCUT2D eigenvalue weighted by atomic mass is 9.91. The van der Waals surface area contributed by atoms with Gasteiger partial charge in [0.1, 0.15) is 5.69 Å². The predicted molar refractivity (Wildman–Crippen MR) is 60.2 cm³/mol. The van der Waals surface area contributed by atoms with Gasteiger partial charge in [0.15, 0.2) is 0 Å². The van der Waals surface area contributed by atoms with Crippen molar-refractivity contribution >= 4 is 0 Å². The highest BCUT2D eigenvalue weighted by atomic mass is 16.1. The molecule has 1 N–H and O–H groups in total. The maximum absolute atomic E-state index is 11.8. The van der Waals surface area contributed by atoms with E-state index < -0.39 is 0 Å². The van der Waals surface area contributed by atoms with Gasteiger partial charge in [0.25, 0.3) is 5.56 Å². The average molecular weight is 206 g/mol. The molecular weight excluding hydrogens is 188 g/mol. The Balaban J connectivity index is 2.55. The Morgan fingerprint density at radius 2 is 1.87 bits per heavy atom. The third-order valence-electron chi connectivity index (χ3n) is 2.88. The van der Waals surface area contributed by atoms with Gasteiger partial charge < -0.3 is 4.98 Å². The van der Waals surface area contributed by atoms with Gasteiger partial charge in [-0.25, -0.2) is 4.98 Å². The summed E-state index contributed by atoms with van der Waals surface area (Å²) in [5, 5.41) is 0. The molecule has 1 aliphatic carbocycles.